The van der Waals surface area contributed by atoms with Gasteiger partial charge in [-0.15, -0.1) is 0 Å². The number of nitrogens with zero attached hydrogens (tertiary/aromatic N) is 1. The molecule has 1 aliphatic rings. The van der Waals surface area contributed by atoms with Crippen LogP contribution in [-0.2, 0) is 0 Å². The molecule has 0 radical (unpaired) electrons. The van der Waals surface area contributed by atoms with E-state index in [1.54, 1.807) is 0 Å². The van der Waals surface area contributed by atoms with Gasteiger partial charge in [0, 0.05) is 11.3 Å². The van der Waals surface area contributed by atoms with Gasteiger partial charge in [-0.05, 0) is 32.1 Å². The molecule has 0 saturated heterocycles. The molecule has 1 aliphatic heterocycles. The molecule has 3 heteroatoms. The second-order valence-corrected chi connectivity index (χ2v) is 6.36. The van der Waals surface area contributed by atoms with Gasteiger partial charge in [0.2, 0.25) is 0 Å². The highest BCUT2D eigenvalue weighted by atomic mass is 32.2. The zero-order valence-corrected chi connectivity index (χ0v) is 12.2. The highest BCUT2D eigenvalue weighted by Gasteiger charge is 2.24. The van der Waals surface area contributed by atoms with Gasteiger partial charge in [0.15, 0.2) is 5.17 Å². The van der Waals surface area contributed by atoms with Gasteiger partial charge in [-0.1, -0.05) is 39.5 Å². The summed E-state index contributed by atoms with van der Waals surface area (Å²) in [7, 11) is 0. The maximum absolute atomic E-state index is 4.83. The molecule has 0 aromatic rings. The lowest BCUT2D eigenvalue weighted by atomic mass is 9.96. The molecule has 0 saturated carbocycles. The quantitative estimate of drug-likeness (QED) is 0.813. The van der Waals surface area contributed by atoms with Crippen LogP contribution in [0.2, 0.25) is 0 Å². The number of rotatable bonds is 4. The molecule has 0 fully saturated rings. The number of aliphatic imine (C=N–C) groups is 1. The average molecular weight is 242 g/mol. The molecule has 16 heavy (non-hydrogen) atoms. The van der Waals surface area contributed by atoms with E-state index in [0.29, 0.717) is 12.0 Å². The van der Waals surface area contributed by atoms with Crippen LogP contribution in [0.15, 0.2) is 4.99 Å². The van der Waals surface area contributed by atoms with Crippen LogP contribution in [0.4, 0.5) is 0 Å². The van der Waals surface area contributed by atoms with E-state index in [-0.39, 0.29) is 5.54 Å². The highest BCUT2D eigenvalue weighted by Crippen LogP contribution is 2.24. The van der Waals surface area contributed by atoms with Gasteiger partial charge in [-0.3, -0.25) is 4.99 Å². The van der Waals surface area contributed by atoms with Crippen LogP contribution >= 0.6 is 11.8 Å². The summed E-state index contributed by atoms with van der Waals surface area (Å²) in [5, 5.41) is 4.79. The van der Waals surface area contributed by atoms with Gasteiger partial charge in [-0.2, -0.15) is 0 Å². The Kier molecular flexibility index (Phi) is 5.16. The summed E-state index contributed by atoms with van der Waals surface area (Å²) < 4.78 is 0. The zero-order valence-electron chi connectivity index (χ0n) is 11.3. The van der Waals surface area contributed by atoms with E-state index < -0.39 is 0 Å². The Balaban J connectivity index is 2.66. The molecule has 0 amide bonds. The molecule has 1 heterocycles. The molecule has 0 aromatic carbocycles. The maximum atomic E-state index is 4.83. The van der Waals surface area contributed by atoms with Crippen LogP contribution < -0.4 is 5.32 Å². The summed E-state index contributed by atoms with van der Waals surface area (Å²) in [5.41, 5.74) is 0.213. The van der Waals surface area contributed by atoms with Gasteiger partial charge in [0.1, 0.15) is 0 Å². The number of thioether (sulfide) groups is 1. The highest BCUT2D eigenvalue weighted by molar-refractivity contribution is 8.13. The normalized spacial score (nSPS) is 22.1. The summed E-state index contributed by atoms with van der Waals surface area (Å²) >= 11 is 1.88. The maximum Gasteiger partial charge on any atom is 0.157 e. The molecule has 94 valence electrons. The molecule has 0 bridgehead atoms. The number of amidine groups is 1. The lowest BCUT2D eigenvalue weighted by Crippen LogP contribution is -2.45. The van der Waals surface area contributed by atoms with Crippen LogP contribution in [0.25, 0.3) is 0 Å². The van der Waals surface area contributed by atoms with Crippen molar-refractivity contribution in [3.63, 3.8) is 0 Å². The smallest absolute Gasteiger partial charge is 0.157 e. The van der Waals surface area contributed by atoms with E-state index in [4.69, 9.17) is 4.99 Å². The Labute approximate surface area is 105 Å². The van der Waals surface area contributed by atoms with Crippen molar-refractivity contribution in [2.75, 3.05) is 5.75 Å². The van der Waals surface area contributed by atoms with Crippen LogP contribution in [0.1, 0.15) is 53.9 Å². The van der Waals surface area contributed by atoms with Crippen molar-refractivity contribution in [1.29, 1.82) is 0 Å². The molecule has 2 nitrogen and oxygen atoms in total. The fourth-order valence-corrected chi connectivity index (χ4v) is 2.85. The predicted molar refractivity (Wildman–Crippen MR) is 75.3 cm³/mol. The van der Waals surface area contributed by atoms with Gasteiger partial charge in [0.05, 0.1) is 6.04 Å². The fraction of sp³-hybridized carbons (Fsp3) is 0.923. The van der Waals surface area contributed by atoms with E-state index in [1.807, 2.05) is 11.8 Å². The number of hydrogen-bond donors (Lipinski definition) is 1. The first-order chi connectivity index (χ1) is 7.50. The first-order valence-electron chi connectivity index (χ1n) is 6.49. The first kappa shape index (κ1) is 13.9. The molecule has 0 spiro atoms. The molecule has 1 atom stereocenters. The second kappa shape index (κ2) is 5.95. The van der Waals surface area contributed by atoms with E-state index >= 15 is 0 Å². The summed E-state index contributed by atoms with van der Waals surface area (Å²) in [6, 6.07) is 0.515. The Morgan fingerprint density at radius 2 is 2.06 bits per heavy atom. The van der Waals surface area contributed by atoms with Crippen LogP contribution in [0, 0.1) is 5.92 Å². The first-order valence-corrected chi connectivity index (χ1v) is 7.48. The van der Waals surface area contributed by atoms with Crippen molar-refractivity contribution >= 4 is 16.9 Å². The summed E-state index contributed by atoms with van der Waals surface area (Å²) in [6.45, 7) is 11.3. The van der Waals surface area contributed by atoms with E-state index in [9.17, 15) is 0 Å². The van der Waals surface area contributed by atoms with Gasteiger partial charge >= 0.3 is 0 Å². The van der Waals surface area contributed by atoms with Crippen LogP contribution in [-0.4, -0.2) is 22.5 Å². The summed E-state index contributed by atoms with van der Waals surface area (Å²) in [4.78, 5) is 4.83. The Morgan fingerprint density at radius 1 is 1.44 bits per heavy atom. The van der Waals surface area contributed by atoms with Crippen molar-refractivity contribution in [2.24, 2.45) is 10.9 Å². The minimum atomic E-state index is 0.213. The van der Waals surface area contributed by atoms with Gasteiger partial charge in [0.25, 0.3) is 0 Å². The Bertz CT molecular complexity index is 244. The molecular formula is C13H26N2S. The molecule has 0 aliphatic carbocycles. The van der Waals surface area contributed by atoms with Gasteiger partial charge < -0.3 is 5.32 Å². The largest absolute Gasteiger partial charge is 0.360 e. The van der Waals surface area contributed by atoms with E-state index in [2.05, 4.69) is 39.9 Å². The van der Waals surface area contributed by atoms with Crippen LogP contribution in [0.3, 0.4) is 0 Å². The van der Waals surface area contributed by atoms with Crippen molar-refractivity contribution in [1.82, 2.24) is 5.32 Å². The minimum absolute atomic E-state index is 0.213. The minimum Gasteiger partial charge on any atom is -0.360 e. The molecule has 1 rings (SSSR count). The molecular weight excluding hydrogens is 216 g/mol. The monoisotopic (exact) mass is 242 g/mol. The molecule has 1 unspecified atom stereocenters. The number of hydrogen-bond acceptors (Lipinski definition) is 3. The van der Waals surface area contributed by atoms with E-state index in [1.165, 1.54) is 12.2 Å². The van der Waals surface area contributed by atoms with Crippen molar-refractivity contribution < 1.29 is 0 Å². The number of nitrogens with one attached hydrogen (secondary N) is 1. The Morgan fingerprint density at radius 3 is 2.56 bits per heavy atom. The SMILES string of the molecule is CCC(C)(CC)NC1=NC(C(C)C)CCS1. The lowest BCUT2D eigenvalue weighted by Gasteiger charge is -2.32. The van der Waals surface area contributed by atoms with Crippen molar-refractivity contribution in [2.45, 2.75) is 65.5 Å². The topological polar surface area (TPSA) is 24.4 Å². The fourth-order valence-electron chi connectivity index (χ4n) is 1.76. The zero-order chi connectivity index (χ0) is 12.2. The third-order valence-corrected chi connectivity index (χ3v) is 4.60. The van der Waals surface area contributed by atoms with Gasteiger partial charge in [-0.25, -0.2) is 0 Å². The van der Waals surface area contributed by atoms with Crippen molar-refractivity contribution in [3.8, 4) is 0 Å². The van der Waals surface area contributed by atoms with Crippen LogP contribution in [0.5, 0.6) is 0 Å². The predicted octanol–water partition coefficient (Wildman–Crippen LogP) is 3.67. The second-order valence-electron chi connectivity index (χ2n) is 5.28. The average Bonchev–Trinajstić information content (AvgIpc) is 2.29. The lowest BCUT2D eigenvalue weighted by molar-refractivity contribution is 0.388. The summed E-state index contributed by atoms with van der Waals surface area (Å²) in [6.07, 6.45) is 3.52. The third kappa shape index (κ3) is 3.69. The third-order valence-electron chi connectivity index (χ3n) is 3.67. The Hall–Kier alpha value is -0.180. The molecule has 1 N–H and O–H groups in total. The molecule has 0 aromatic heterocycles. The standard InChI is InChI=1S/C13H26N2S/c1-6-13(5,7-2)15-12-14-11(10(3)4)8-9-16-12/h10-11H,6-9H2,1-5H3,(H,14,15). The van der Waals surface area contributed by atoms with Crippen molar-refractivity contribution in [3.05, 3.63) is 0 Å². The van der Waals surface area contributed by atoms with E-state index in [0.717, 1.165) is 18.0 Å². The summed E-state index contributed by atoms with van der Waals surface area (Å²) in [5.74, 6) is 1.87.